The molecule has 7 rings (SSSR count). The third-order valence-corrected chi connectivity index (χ3v) is 6.89. The fourth-order valence-electron chi connectivity index (χ4n) is 5.34. The molecular weight excluding hydrogens is 408 g/mol. The molecule has 0 fully saturated rings. The Morgan fingerprint density at radius 1 is 0.500 bits per heavy atom. The van der Waals surface area contributed by atoms with E-state index in [1.54, 1.807) is 0 Å². The van der Waals surface area contributed by atoms with E-state index in [1.807, 2.05) is 13.8 Å². The molecule has 0 saturated heterocycles. The molecule has 0 spiro atoms. The molecule has 0 heterocycles. The number of fused-ring (bicyclic) bond motifs is 3. The maximum atomic E-state index is 2.29. The normalized spacial score (nSPS) is 11.7. The molecule has 0 amide bonds. The SMILES string of the molecule is CC.CC(C)c1ccc2ccc3cccc4ccc1c2c34.c1ccc2c(c1)Cc1ccccc1-2. The van der Waals surface area contributed by atoms with E-state index in [4.69, 9.17) is 0 Å². The van der Waals surface area contributed by atoms with Crippen molar-refractivity contribution in [2.45, 2.75) is 40.0 Å². The second kappa shape index (κ2) is 9.31. The van der Waals surface area contributed by atoms with Crippen molar-refractivity contribution in [3.8, 4) is 11.1 Å². The molecule has 0 saturated carbocycles. The summed E-state index contributed by atoms with van der Waals surface area (Å²) in [6, 6.07) is 37.5. The molecule has 0 heteroatoms. The molecule has 0 nitrogen and oxygen atoms in total. The van der Waals surface area contributed by atoms with Gasteiger partial charge in [-0.05, 0) is 72.5 Å². The van der Waals surface area contributed by atoms with Crippen LogP contribution in [0, 0.1) is 0 Å². The number of hydrogen-bond donors (Lipinski definition) is 0. The van der Waals surface area contributed by atoms with Crippen LogP contribution in [0.4, 0.5) is 0 Å². The van der Waals surface area contributed by atoms with Gasteiger partial charge in [0.1, 0.15) is 0 Å². The molecule has 0 radical (unpaired) electrons. The second-order valence-corrected chi connectivity index (χ2v) is 9.16. The highest BCUT2D eigenvalue weighted by Crippen LogP contribution is 2.38. The predicted molar refractivity (Wildman–Crippen MR) is 150 cm³/mol. The Balaban J connectivity index is 0.000000140. The van der Waals surface area contributed by atoms with Crippen LogP contribution < -0.4 is 0 Å². The lowest BCUT2D eigenvalue weighted by atomic mass is 9.89. The first-order chi connectivity index (χ1) is 16.7. The average Bonchev–Trinajstić information content (AvgIpc) is 3.27. The van der Waals surface area contributed by atoms with Gasteiger partial charge >= 0.3 is 0 Å². The third-order valence-electron chi connectivity index (χ3n) is 6.89. The van der Waals surface area contributed by atoms with Crippen LogP contribution in [-0.2, 0) is 6.42 Å². The number of rotatable bonds is 1. The summed E-state index contributed by atoms with van der Waals surface area (Å²) in [6.07, 6.45) is 1.10. The highest BCUT2D eigenvalue weighted by atomic mass is 14.2. The molecule has 0 N–H and O–H groups in total. The Morgan fingerprint density at radius 3 is 1.59 bits per heavy atom. The van der Waals surface area contributed by atoms with Crippen molar-refractivity contribution in [3.63, 3.8) is 0 Å². The largest absolute Gasteiger partial charge is 0.0683 e. The van der Waals surface area contributed by atoms with Crippen molar-refractivity contribution in [2.24, 2.45) is 0 Å². The topological polar surface area (TPSA) is 0 Å². The molecule has 0 unspecified atom stereocenters. The van der Waals surface area contributed by atoms with Crippen molar-refractivity contribution in [1.29, 1.82) is 0 Å². The quantitative estimate of drug-likeness (QED) is 0.223. The summed E-state index contributed by atoms with van der Waals surface area (Å²) >= 11 is 0. The lowest BCUT2D eigenvalue weighted by Gasteiger charge is -2.15. The summed E-state index contributed by atoms with van der Waals surface area (Å²) < 4.78 is 0. The van der Waals surface area contributed by atoms with Crippen LogP contribution in [0.1, 0.15) is 50.3 Å². The van der Waals surface area contributed by atoms with E-state index < -0.39 is 0 Å². The van der Waals surface area contributed by atoms with E-state index in [0.717, 1.165) is 6.42 Å². The van der Waals surface area contributed by atoms with Crippen molar-refractivity contribution < 1.29 is 0 Å². The maximum Gasteiger partial charge on any atom is -0.00135 e. The van der Waals surface area contributed by atoms with Crippen LogP contribution >= 0.6 is 0 Å². The Morgan fingerprint density at radius 2 is 1.00 bits per heavy atom. The van der Waals surface area contributed by atoms with Gasteiger partial charge in [0.05, 0.1) is 0 Å². The molecule has 6 aromatic carbocycles. The molecule has 1 aliphatic carbocycles. The third kappa shape index (κ3) is 3.74. The summed E-state index contributed by atoms with van der Waals surface area (Å²) in [4.78, 5) is 0. The Kier molecular flexibility index (Phi) is 6.07. The van der Waals surface area contributed by atoms with Gasteiger partial charge in [0.15, 0.2) is 0 Å². The van der Waals surface area contributed by atoms with Crippen molar-refractivity contribution in [1.82, 2.24) is 0 Å². The van der Waals surface area contributed by atoms with Crippen molar-refractivity contribution in [3.05, 3.63) is 120 Å². The average molecular weight is 441 g/mol. The highest BCUT2D eigenvalue weighted by molar-refractivity contribution is 6.23. The van der Waals surface area contributed by atoms with Crippen molar-refractivity contribution >= 4 is 32.3 Å². The first-order valence-electron chi connectivity index (χ1n) is 12.5. The van der Waals surface area contributed by atoms with Crippen LogP contribution in [0.3, 0.4) is 0 Å². The Labute approximate surface area is 203 Å². The molecule has 168 valence electrons. The van der Waals surface area contributed by atoms with E-state index >= 15 is 0 Å². The summed E-state index contributed by atoms with van der Waals surface area (Å²) in [7, 11) is 0. The summed E-state index contributed by atoms with van der Waals surface area (Å²) in [5.41, 5.74) is 7.20. The van der Waals surface area contributed by atoms with Gasteiger partial charge in [-0.3, -0.25) is 0 Å². The van der Waals surface area contributed by atoms with Crippen LogP contribution in [0.25, 0.3) is 43.4 Å². The molecule has 0 atom stereocenters. The predicted octanol–water partition coefficient (Wildman–Crippen LogP) is 9.99. The minimum atomic E-state index is 0.560. The molecule has 6 aromatic rings. The van der Waals surface area contributed by atoms with Gasteiger partial charge in [-0.15, -0.1) is 0 Å². The smallest absolute Gasteiger partial charge is 0.00135 e. The zero-order valence-corrected chi connectivity index (χ0v) is 20.6. The van der Waals surface area contributed by atoms with Crippen molar-refractivity contribution in [2.75, 3.05) is 0 Å². The molecular formula is C34H32. The monoisotopic (exact) mass is 440 g/mol. The molecule has 0 aliphatic heterocycles. The van der Waals surface area contributed by atoms with Crippen LogP contribution in [0.2, 0.25) is 0 Å². The standard InChI is InChI=1S/C19H16.C13H10.C2H6/c1-12(2)16-10-8-15-7-6-13-4-3-5-14-9-11-17(16)19(15)18(13)14;1-3-7-12-10(5-1)9-11-6-2-4-8-13(11)12;1-2/h3-12H,1-2H3;1-8H,9H2;1-2H3. The molecule has 0 aromatic heterocycles. The minimum Gasteiger partial charge on any atom is -0.0683 e. The fraction of sp³-hybridized carbons (Fsp3) is 0.176. The number of benzene rings is 6. The lowest BCUT2D eigenvalue weighted by Crippen LogP contribution is -1.91. The summed E-state index contributed by atoms with van der Waals surface area (Å²) in [5.74, 6) is 0.560. The van der Waals surface area contributed by atoms with Gasteiger partial charge in [0, 0.05) is 0 Å². The van der Waals surface area contributed by atoms with Crippen LogP contribution in [-0.4, -0.2) is 0 Å². The first kappa shape index (κ1) is 22.2. The van der Waals surface area contributed by atoms with E-state index in [1.165, 1.54) is 60.1 Å². The number of hydrogen-bond acceptors (Lipinski definition) is 0. The summed E-state index contributed by atoms with van der Waals surface area (Å²) in [6.45, 7) is 8.54. The van der Waals surface area contributed by atoms with E-state index in [9.17, 15) is 0 Å². The van der Waals surface area contributed by atoms with E-state index in [0.29, 0.717) is 5.92 Å². The van der Waals surface area contributed by atoms with Gasteiger partial charge in [-0.1, -0.05) is 131 Å². The first-order valence-corrected chi connectivity index (χ1v) is 12.5. The van der Waals surface area contributed by atoms with Crippen LogP contribution in [0.5, 0.6) is 0 Å². The van der Waals surface area contributed by atoms with Gasteiger partial charge < -0.3 is 0 Å². The van der Waals surface area contributed by atoms with E-state index in [-0.39, 0.29) is 0 Å². The highest BCUT2D eigenvalue weighted by Gasteiger charge is 2.16. The Bertz CT molecular complexity index is 1510. The zero-order chi connectivity index (χ0) is 23.7. The molecule has 34 heavy (non-hydrogen) atoms. The second-order valence-electron chi connectivity index (χ2n) is 9.16. The maximum absolute atomic E-state index is 2.29. The van der Waals surface area contributed by atoms with Crippen LogP contribution in [0.15, 0.2) is 103 Å². The van der Waals surface area contributed by atoms with Gasteiger partial charge in [0.25, 0.3) is 0 Å². The minimum absolute atomic E-state index is 0.560. The molecule has 1 aliphatic rings. The summed E-state index contributed by atoms with van der Waals surface area (Å²) in [5, 5.41) is 8.30. The fourth-order valence-corrected chi connectivity index (χ4v) is 5.34. The van der Waals surface area contributed by atoms with Gasteiger partial charge in [0.2, 0.25) is 0 Å². The van der Waals surface area contributed by atoms with Gasteiger partial charge in [-0.25, -0.2) is 0 Å². The zero-order valence-electron chi connectivity index (χ0n) is 20.6. The molecule has 0 bridgehead atoms. The van der Waals surface area contributed by atoms with Gasteiger partial charge in [-0.2, -0.15) is 0 Å². The Hall–Kier alpha value is -3.64. The van der Waals surface area contributed by atoms with E-state index in [2.05, 4.69) is 117 Å². The lowest BCUT2D eigenvalue weighted by molar-refractivity contribution is 0.877.